The van der Waals surface area contributed by atoms with E-state index in [1.807, 2.05) is 0 Å². The van der Waals surface area contributed by atoms with Gasteiger partial charge in [0.05, 0.1) is 12.5 Å². The van der Waals surface area contributed by atoms with Crippen LogP contribution in [-0.2, 0) is 9.53 Å². The minimum Gasteiger partial charge on any atom is -0.497 e. The van der Waals surface area contributed by atoms with Crippen molar-refractivity contribution in [3.05, 3.63) is 69.5 Å². The number of rotatable bonds is 5. The van der Waals surface area contributed by atoms with Crippen LogP contribution in [0.15, 0.2) is 57.7 Å². The van der Waals surface area contributed by atoms with E-state index < -0.39 is 23.4 Å². The van der Waals surface area contributed by atoms with Crippen LogP contribution >= 0.6 is 11.6 Å². The van der Waals surface area contributed by atoms with Gasteiger partial charge in [-0.2, -0.15) is 0 Å². The van der Waals surface area contributed by atoms with Crippen molar-refractivity contribution < 1.29 is 23.5 Å². The Bertz CT molecular complexity index is 1090. The zero-order valence-electron chi connectivity index (χ0n) is 15.0. The average Bonchev–Trinajstić information content (AvgIpc) is 2.68. The van der Waals surface area contributed by atoms with Crippen molar-refractivity contribution in [2.24, 2.45) is 0 Å². The fourth-order valence-corrected chi connectivity index (χ4v) is 2.59. The first-order chi connectivity index (χ1) is 13.4. The maximum absolute atomic E-state index is 12.3. The molecule has 3 rings (SSSR count). The number of amides is 1. The van der Waals surface area contributed by atoms with Crippen molar-refractivity contribution in [1.29, 1.82) is 0 Å². The van der Waals surface area contributed by atoms with Crippen LogP contribution in [0.25, 0.3) is 11.0 Å². The van der Waals surface area contributed by atoms with E-state index >= 15 is 0 Å². The lowest BCUT2D eigenvalue weighted by Crippen LogP contribution is -2.30. The summed E-state index contributed by atoms with van der Waals surface area (Å²) in [6, 6.07) is 12.1. The van der Waals surface area contributed by atoms with E-state index in [1.54, 1.807) is 24.3 Å². The third-order valence-corrected chi connectivity index (χ3v) is 4.14. The lowest BCUT2D eigenvalue weighted by Gasteiger charge is -2.13. The highest BCUT2D eigenvalue weighted by molar-refractivity contribution is 6.31. The normalized spacial score (nSPS) is 11.7. The molecule has 8 heteroatoms. The molecule has 0 aliphatic carbocycles. The maximum Gasteiger partial charge on any atom is 0.375 e. The van der Waals surface area contributed by atoms with Crippen LogP contribution < -0.4 is 15.5 Å². The SMILES string of the molecule is COc1ccc(NC(=O)[C@@H](C)OC(=O)c2cc(=O)c3cc(Cl)ccc3o2)cc1. The van der Waals surface area contributed by atoms with Gasteiger partial charge in [-0.3, -0.25) is 9.59 Å². The number of carbonyl (C=O) groups excluding carboxylic acids is 2. The second-order valence-electron chi connectivity index (χ2n) is 5.88. The van der Waals surface area contributed by atoms with Crippen molar-refractivity contribution in [1.82, 2.24) is 0 Å². The first-order valence-electron chi connectivity index (χ1n) is 8.26. The lowest BCUT2D eigenvalue weighted by molar-refractivity contribution is -0.123. The summed E-state index contributed by atoms with van der Waals surface area (Å²) in [4.78, 5) is 36.7. The lowest BCUT2D eigenvalue weighted by atomic mass is 10.2. The van der Waals surface area contributed by atoms with Crippen molar-refractivity contribution in [2.75, 3.05) is 12.4 Å². The summed E-state index contributed by atoms with van der Waals surface area (Å²) in [5, 5.41) is 3.24. The summed E-state index contributed by atoms with van der Waals surface area (Å²) < 4.78 is 15.6. The highest BCUT2D eigenvalue weighted by Crippen LogP contribution is 2.19. The summed E-state index contributed by atoms with van der Waals surface area (Å²) in [5.74, 6) is -1.12. The quantitative estimate of drug-likeness (QED) is 0.656. The van der Waals surface area contributed by atoms with Crippen LogP contribution in [-0.4, -0.2) is 25.1 Å². The molecular formula is C20H16ClNO6. The molecule has 144 valence electrons. The van der Waals surface area contributed by atoms with E-state index in [0.29, 0.717) is 16.5 Å². The summed E-state index contributed by atoms with van der Waals surface area (Å²) in [6.07, 6.45) is -1.11. The third-order valence-electron chi connectivity index (χ3n) is 3.90. The molecule has 0 radical (unpaired) electrons. The minimum absolute atomic E-state index is 0.194. The molecule has 0 saturated carbocycles. The fourth-order valence-electron chi connectivity index (χ4n) is 2.42. The van der Waals surface area contributed by atoms with Crippen LogP contribution in [0.5, 0.6) is 5.75 Å². The number of fused-ring (bicyclic) bond motifs is 1. The number of nitrogens with one attached hydrogen (secondary N) is 1. The van der Waals surface area contributed by atoms with E-state index in [2.05, 4.69) is 5.32 Å². The molecule has 0 unspecified atom stereocenters. The zero-order chi connectivity index (χ0) is 20.3. The predicted octanol–water partition coefficient (Wildman–Crippen LogP) is 3.64. The number of esters is 1. The molecule has 2 aromatic carbocycles. The van der Waals surface area contributed by atoms with Gasteiger partial charge < -0.3 is 19.2 Å². The number of methoxy groups -OCH3 is 1. The van der Waals surface area contributed by atoms with Crippen LogP contribution in [0.2, 0.25) is 5.02 Å². The molecule has 1 N–H and O–H groups in total. The number of ether oxygens (including phenoxy) is 2. The van der Waals surface area contributed by atoms with E-state index in [1.165, 1.54) is 32.2 Å². The summed E-state index contributed by atoms with van der Waals surface area (Å²) >= 11 is 5.86. The van der Waals surface area contributed by atoms with Gasteiger partial charge in [0.1, 0.15) is 11.3 Å². The van der Waals surface area contributed by atoms with Gasteiger partial charge in [0.15, 0.2) is 11.5 Å². The molecule has 1 amide bonds. The standard InChI is InChI=1S/C20H16ClNO6/c1-11(19(24)22-13-4-6-14(26-2)7-5-13)27-20(25)18-10-16(23)15-9-12(21)3-8-17(15)28-18/h3-11H,1-2H3,(H,22,24)/t11-/m1/s1. The van der Waals surface area contributed by atoms with Crippen LogP contribution in [0.4, 0.5) is 5.69 Å². The highest BCUT2D eigenvalue weighted by Gasteiger charge is 2.21. The Labute approximate surface area is 164 Å². The smallest absolute Gasteiger partial charge is 0.375 e. The molecular weight excluding hydrogens is 386 g/mol. The average molecular weight is 402 g/mol. The molecule has 0 aliphatic rings. The van der Waals surface area contributed by atoms with Crippen molar-refractivity contribution >= 4 is 40.1 Å². The Morgan fingerprint density at radius 3 is 2.50 bits per heavy atom. The minimum atomic E-state index is -1.11. The number of anilines is 1. The van der Waals surface area contributed by atoms with Gasteiger partial charge in [0.2, 0.25) is 5.76 Å². The van der Waals surface area contributed by atoms with Crippen LogP contribution in [0.3, 0.4) is 0 Å². The second kappa shape index (κ2) is 8.14. The largest absolute Gasteiger partial charge is 0.497 e. The molecule has 7 nitrogen and oxygen atoms in total. The number of carbonyl (C=O) groups is 2. The summed E-state index contributed by atoms with van der Waals surface area (Å²) in [6.45, 7) is 1.41. The van der Waals surface area contributed by atoms with Crippen LogP contribution in [0, 0.1) is 0 Å². The Morgan fingerprint density at radius 2 is 1.82 bits per heavy atom. The second-order valence-corrected chi connectivity index (χ2v) is 6.32. The Kier molecular flexibility index (Phi) is 5.65. The Hall–Kier alpha value is -3.32. The first kappa shape index (κ1) is 19.4. The number of halogens is 1. The Morgan fingerprint density at radius 1 is 1.11 bits per heavy atom. The van der Waals surface area contributed by atoms with Crippen LogP contribution in [0.1, 0.15) is 17.5 Å². The number of benzene rings is 2. The molecule has 28 heavy (non-hydrogen) atoms. The first-order valence-corrected chi connectivity index (χ1v) is 8.64. The molecule has 3 aromatic rings. The number of hydrogen-bond acceptors (Lipinski definition) is 6. The van der Waals surface area contributed by atoms with Gasteiger partial charge in [-0.15, -0.1) is 0 Å². The van der Waals surface area contributed by atoms with E-state index in [4.69, 9.17) is 25.5 Å². The Balaban J connectivity index is 1.71. The molecule has 0 bridgehead atoms. The topological polar surface area (TPSA) is 94.8 Å². The van der Waals surface area contributed by atoms with E-state index in [-0.39, 0.29) is 16.7 Å². The molecule has 0 aliphatic heterocycles. The third kappa shape index (κ3) is 4.32. The van der Waals surface area contributed by atoms with Gasteiger partial charge in [-0.1, -0.05) is 11.6 Å². The molecule has 1 aromatic heterocycles. The van der Waals surface area contributed by atoms with Crippen molar-refractivity contribution in [3.63, 3.8) is 0 Å². The van der Waals surface area contributed by atoms with Gasteiger partial charge in [-0.25, -0.2) is 4.79 Å². The van der Waals surface area contributed by atoms with Gasteiger partial charge in [0.25, 0.3) is 5.91 Å². The molecule has 0 spiro atoms. The zero-order valence-corrected chi connectivity index (χ0v) is 15.8. The molecule has 0 saturated heterocycles. The van der Waals surface area contributed by atoms with Crippen molar-refractivity contribution in [2.45, 2.75) is 13.0 Å². The molecule has 0 fully saturated rings. The maximum atomic E-state index is 12.3. The summed E-state index contributed by atoms with van der Waals surface area (Å²) in [7, 11) is 1.54. The van der Waals surface area contributed by atoms with Gasteiger partial charge in [0, 0.05) is 16.8 Å². The summed E-state index contributed by atoms with van der Waals surface area (Å²) in [5.41, 5.74) is 0.271. The van der Waals surface area contributed by atoms with Gasteiger partial charge >= 0.3 is 5.97 Å². The van der Waals surface area contributed by atoms with Crippen molar-refractivity contribution in [3.8, 4) is 5.75 Å². The van der Waals surface area contributed by atoms with E-state index in [9.17, 15) is 14.4 Å². The highest BCUT2D eigenvalue weighted by atomic mass is 35.5. The fraction of sp³-hybridized carbons (Fsp3) is 0.150. The van der Waals surface area contributed by atoms with E-state index in [0.717, 1.165) is 6.07 Å². The number of hydrogen-bond donors (Lipinski definition) is 1. The monoisotopic (exact) mass is 401 g/mol. The molecule has 1 heterocycles. The predicted molar refractivity (Wildman–Crippen MR) is 104 cm³/mol. The van der Waals surface area contributed by atoms with Gasteiger partial charge in [-0.05, 0) is 49.4 Å². The molecule has 1 atom stereocenters.